The lowest BCUT2D eigenvalue weighted by Gasteiger charge is -2.22. The van der Waals surface area contributed by atoms with Gasteiger partial charge in [0, 0.05) is 17.4 Å². The second kappa shape index (κ2) is 8.84. The highest BCUT2D eigenvalue weighted by Crippen LogP contribution is 2.22. The molecule has 2 unspecified atom stereocenters. The van der Waals surface area contributed by atoms with E-state index in [1.165, 1.54) is 11.8 Å². The fraction of sp³-hybridized carbons (Fsp3) is 0.769. The van der Waals surface area contributed by atoms with Crippen LogP contribution in [-0.4, -0.2) is 41.1 Å². The number of carbonyl (C=O) groups excluding carboxylic acids is 2. The summed E-state index contributed by atoms with van der Waals surface area (Å²) in [6.07, 6.45) is 0.579. The number of ether oxygens (including phenoxy) is 1. The number of nitrogens with two attached hydrogens (primary N) is 1. The van der Waals surface area contributed by atoms with Crippen LogP contribution in [0.5, 0.6) is 0 Å². The van der Waals surface area contributed by atoms with Crippen LogP contribution in [0.1, 0.15) is 33.6 Å². The van der Waals surface area contributed by atoms with Crippen LogP contribution >= 0.6 is 11.8 Å². The van der Waals surface area contributed by atoms with Gasteiger partial charge in [0.05, 0.1) is 11.8 Å². The summed E-state index contributed by atoms with van der Waals surface area (Å²) < 4.78 is 4.99. The van der Waals surface area contributed by atoms with Gasteiger partial charge in [-0.1, -0.05) is 13.8 Å². The third kappa shape index (κ3) is 6.79. The molecule has 0 spiro atoms. The lowest BCUT2D eigenvalue weighted by atomic mass is 9.89. The van der Waals surface area contributed by atoms with E-state index < -0.39 is 17.4 Å². The summed E-state index contributed by atoms with van der Waals surface area (Å²) in [7, 11) is 0. The number of carbonyl (C=O) groups is 3. The molecular formula is C13H23NO5S. The lowest BCUT2D eigenvalue weighted by molar-refractivity contribution is -0.157. The van der Waals surface area contributed by atoms with E-state index in [0.717, 1.165) is 0 Å². The number of esters is 1. The summed E-state index contributed by atoms with van der Waals surface area (Å²) in [5, 5.41) is 9.03. The summed E-state index contributed by atoms with van der Waals surface area (Å²) >= 11 is 1.45. The topological polar surface area (TPSA) is 107 Å². The van der Waals surface area contributed by atoms with Crippen molar-refractivity contribution in [2.45, 2.75) is 33.6 Å². The molecule has 0 bridgehead atoms. The zero-order valence-electron chi connectivity index (χ0n) is 12.2. The van der Waals surface area contributed by atoms with Crippen molar-refractivity contribution in [1.29, 1.82) is 0 Å². The van der Waals surface area contributed by atoms with E-state index in [-0.39, 0.29) is 24.9 Å². The fourth-order valence-electron chi connectivity index (χ4n) is 1.12. The average molecular weight is 305 g/mol. The standard InChI is InChI=1S/C13H23NO5S/c1-4-13(3,12(17)18)8-19-10(15)5-6-20-7-9(2)11(14)16/h9H,4-8H2,1-3H3,(H2,14,16)(H,17,18). The van der Waals surface area contributed by atoms with Crippen LogP contribution in [0, 0.1) is 11.3 Å². The molecule has 116 valence electrons. The molecule has 0 heterocycles. The van der Waals surface area contributed by atoms with Gasteiger partial charge in [-0.25, -0.2) is 0 Å². The molecule has 0 aromatic rings. The van der Waals surface area contributed by atoms with Crippen molar-refractivity contribution in [2.24, 2.45) is 17.1 Å². The minimum absolute atomic E-state index is 0.125. The lowest BCUT2D eigenvalue weighted by Crippen LogP contribution is -2.33. The van der Waals surface area contributed by atoms with Crippen LogP contribution in [0.2, 0.25) is 0 Å². The molecule has 0 aromatic carbocycles. The van der Waals surface area contributed by atoms with Crippen molar-refractivity contribution < 1.29 is 24.2 Å². The van der Waals surface area contributed by atoms with E-state index in [4.69, 9.17) is 15.6 Å². The molecule has 6 nitrogen and oxygen atoms in total. The highest BCUT2D eigenvalue weighted by molar-refractivity contribution is 7.99. The molecule has 0 aliphatic heterocycles. The quantitative estimate of drug-likeness (QED) is 0.465. The molecule has 1 amide bonds. The number of primary amides is 1. The van der Waals surface area contributed by atoms with E-state index in [0.29, 0.717) is 17.9 Å². The number of amides is 1. The number of aliphatic carboxylic acids is 1. The Morgan fingerprint density at radius 2 is 2.00 bits per heavy atom. The van der Waals surface area contributed by atoms with Gasteiger partial charge in [0.1, 0.15) is 6.61 Å². The molecule has 0 aliphatic rings. The Labute approximate surface area is 123 Å². The van der Waals surface area contributed by atoms with Crippen LogP contribution in [0.4, 0.5) is 0 Å². The van der Waals surface area contributed by atoms with Gasteiger partial charge in [-0.3, -0.25) is 14.4 Å². The van der Waals surface area contributed by atoms with E-state index in [9.17, 15) is 14.4 Å². The van der Waals surface area contributed by atoms with Gasteiger partial charge < -0.3 is 15.6 Å². The number of hydrogen-bond acceptors (Lipinski definition) is 5. The first-order chi connectivity index (χ1) is 9.23. The largest absolute Gasteiger partial charge is 0.481 e. The van der Waals surface area contributed by atoms with Crippen molar-refractivity contribution in [3.05, 3.63) is 0 Å². The van der Waals surface area contributed by atoms with E-state index >= 15 is 0 Å². The summed E-state index contributed by atoms with van der Waals surface area (Å²) in [5.74, 6) is -0.911. The highest BCUT2D eigenvalue weighted by atomic mass is 32.2. The van der Waals surface area contributed by atoms with Gasteiger partial charge in [-0.05, 0) is 13.3 Å². The van der Waals surface area contributed by atoms with Crippen molar-refractivity contribution in [2.75, 3.05) is 18.1 Å². The molecule has 0 rings (SSSR count). The van der Waals surface area contributed by atoms with Crippen molar-refractivity contribution in [1.82, 2.24) is 0 Å². The number of thioether (sulfide) groups is 1. The summed E-state index contributed by atoms with van der Waals surface area (Å²) in [6, 6.07) is 0. The molecule has 0 aliphatic carbocycles. The van der Waals surface area contributed by atoms with Crippen molar-refractivity contribution >= 4 is 29.6 Å². The van der Waals surface area contributed by atoms with Crippen molar-refractivity contribution in [3.8, 4) is 0 Å². The van der Waals surface area contributed by atoms with Crippen LogP contribution in [-0.2, 0) is 19.1 Å². The Morgan fingerprint density at radius 1 is 1.40 bits per heavy atom. The second-order valence-corrected chi connectivity index (χ2v) is 6.16. The minimum Gasteiger partial charge on any atom is -0.481 e. The Balaban J connectivity index is 3.90. The smallest absolute Gasteiger partial charge is 0.312 e. The van der Waals surface area contributed by atoms with Gasteiger partial charge in [-0.2, -0.15) is 11.8 Å². The molecule has 0 aromatic heterocycles. The van der Waals surface area contributed by atoms with E-state index in [1.54, 1.807) is 20.8 Å². The SMILES string of the molecule is CCC(C)(COC(=O)CCSCC(C)C(N)=O)C(=O)O. The number of hydrogen-bond donors (Lipinski definition) is 2. The third-order valence-electron chi connectivity index (χ3n) is 3.15. The molecule has 2 atom stereocenters. The summed E-state index contributed by atoms with van der Waals surface area (Å²) in [6.45, 7) is 4.89. The van der Waals surface area contributed by atoms with Gasteiger partial charge >= 0.3 is 11.9 Å². The molecule has 20 heavy (non-hydrogen) atoms. The number of rotatable bonds is 10. The summed E-state index contributed by atoms with van der Waals surface area (Å²) in [4.78, 5) is 33.3. The van der Waals surface area contributed by atoms with Crippen LogP contribution in [0.3, 0.4) is 0 Å². The van der Waals surface area contributed by atoms with Gasteiger partial charge in [0.15, 0.2) is 0 Å². The normalized spacial score (nSPS) is 15.2. The Kier molecular flexibility index (Phi) is 8.29. The Bertz CT molecular complexity index is 361. The van der Waals surface area contributed by atoms with Crippen molar-refractivity contribution in [3.63, 3.8) is 0 Å². The Hall–Kier alpha value is -1.24. The van der Waals surface area contributed by atoms with Crippen LogP contribution < -0.4 is 5.73 Å². The minimum atomic E-state index is -1.04. The predicted molar refractivity (Wildman–Crippen MR) is 77.3 cm³/mol. The molecule has 0 saturated carbocycles. The Morgan fingerprint density at radius 3 is 2.45 bits per heavy atom. The van der Waals surface area contributed by atoms with E-state index in [2.05, 4.69) is 0 Å². The molecular weight excluding hydrogens is 282 g/mol. The summed E-state index contributed by atoms with van der Waals surface area (Å²) in [5.41, 5.74) is 4.08. The second-order valence-electron chi connectivity index (χ2n) is 5.01. The van der Waals surface area contributed by atoms with Crippen LogP contribution in [0.25, 0.3) is 0 Å². The number of carboxylic acid groups (broad SMARTS) is 1. The molecule has 0 saturated heterocycles. The first-order valence-corrected chi connectivity index (χ1v) is 7.64. The molecule has 0 fully saturated rings. The number of carboxylic acids is 1. The first-order valence-electron chi connectivity index (χ1n) is 6.49. The van der Waals surface area contributed by atoms with E-state index in [1.807, 2.05) is 0 Å². The molecule has 0 radical (unpaired) electrons. The maximum Gasteiger partial charge on any atom is 0.312 e. The fourth-order valence-corrected chi connectivity index (χ4v) is 2.12. The maximum absolute atomic E-state index is 11.5. The zero-order chi connectivity index (χ0) is 15.8. The van der Waals surface area contributed by atoms with Gasteiger partial charge in [0.25, 0.3) is 0 Å². The third-order valence-corrected chi connectivity index (χ3v) is 4.38. The zero-order valence-corrected chi connectivity index (χ0v) is 13.0. The van der Waals surface area contributed by atoms with Gasteiger partial charge in [0.2, 0.25) is 5.91 Å². The molecule has 7 heteroatoms. The average Bonchev–Trinajstić information content (AvgIpc) is 2.40. The first kappa shape index (κ1) is 18.8. The van der Waals surface area contributed by atoms with Crippen LogP contribution in [0.15, 0.2) is 0 Å². The molecule has 3 N–H and O–H groups in total. The maximum atomic E-state index is 11.5. The highest BCUT2D eigenvalue weighted by Gasteiger charge is 2.32. The monoisotopic (exact) mass is 305 g/mol. The van der Waals surface area contributed by atoms with Gasteiger partial charge in [-0.15, -0.1) is 0 Å². The predicted octanol–water partition coefficient (Wildman–Crippen LogP) is 1.28.